The van der Waals surface area contributed by atoms with Gasteiger partial charge in [0.1, 0.15) is 78.0 Å². The number of nitrogens with one attached hydrogen (secondary N) is 10. The lowest BCUT2D eigenvalue weighted by Crippen LogP contribution is -2.62. The molecule has 31 heteroatoms. The van der Waals surface area contributed by atoms with Gasteiger partial charge in [-0.3, -0.25) is 62.3 Å². The van der Waals surface area contributed by atoms with Crippen LogP contribution in [0.3, 0.4) is 0 Å². The van der Waals surface area contributed by atoms with Gasteiger partial charge in [0.25, 0.3) is 0 Å². The summed E-state index contributed by atoms with van der Waals surface area (Å²) in [6, 6.07) is 10.4. The molecule has 13 amide bonds. The molecule has 0 spiro atoms. The van der Waals surface area contributed by atoms with E-state index in [4.69, 9.17) is 11.5 Å². The summed E-state index contributed by atoms with van der Waals surface area (Å²) in [6.07, 6.45) is 3.00. The number of benzene rings is 4. The zero-order valence-electron chi connectivity index (χ0n) is 63.0. The van der Waals surface area contributed by atoms with E-state index in [0.717, 1.165) is 16.7 Å². The summed E-state index contributed by atoms with van der Waals surface area (Å²) in [4.78, 5) is 201. The number of carbonyl (C=O) groups is 13. The third-order valence-corrected chi connectivity index (χ3v) is 21.1. The summed E-state index contributed by atoms with van der Waals surface area (Å²) in [5, 5.41) is 43.8. The molecule has 16 N–H and O–H groups in total. The number of carbonyl (C=O) groups excluding carboxylic acids is 13. The minimum atomic E-state index is -1.80. The molecule has 586 valence electrons. The molecule has 12 atom stereocenters. The van der Waals surface area contributed by atoms with E-state index >= 15 is 24.0 Å². The fourth-order valence-corrected chi connectivity index (χ4v) is 14.3. The van der Waals surface area contributed by atoms with Crippen molar-refractivity contribution in [3.05, 3.63) is 132 Å². The molecule has 30 nitrogen and oxygen atoms in total. The number of aromatic amines is 2. The molecule has 4 aromatic carbocycles. The normalized spacial score (nSPS) is 24.0. The van der Waals surface area contributed by atoms with Crippen molar-refractivity contribution >= 4 is 110 Å². The minimum absolute atomic E-state index is 0.0154. The number of amides is 13. The van der Waals surface area contributed by atoms with Gasteiger partial charge in [0.2, 0.25) is 76.8 Å². The fourth-order valence-electron chi connectivity index (χ4n) is 13.5. The maximum Gasteiger partial charge on any atom is 0.245 e. The number of phenolic OH excluding ortho intramolecular Hbond substituents is 2. The quantitative estimate of drug-likeness (QED) is 0.0588. The highest BCUT2D eigenvalue weighted by atomic mass is 32.2. The van der Waals surface area contributed by atoms with Gasteiger partial charge in [0.05, 0.1) is 12.2 Å². The van der Waals surface area contributed by atoms with Crippen LogP contribution in [0.25, 0.3) is 21.8 Å². The van der Waals surface area contributed by atoms with Gasteiger partial charge in [-0.2, -0.15) is 0 Å². The Morgan fingerprint density at radius 3 is 1.61 bits per heavy atom. The van der Waals surface area contributed by atoms with Crippen molar-refractivity contribution in [2.45, 2.75) is 186 Å². The number of phenols is 2. The summed E-state index contributed by atoms with van der Waals surface area (Å²) in [5.41, 5.74) is 15.1. The van der Waals surface area contributed by atoms with Crippen LogP contribution in [-0.4, -0.2) is 210 Å². The number of para-hydroxylation sites is 2. The number of H-pyrrole nitrogens is 2. The molecule has 8 rings (SSSR count). The molecule has 0 radical (unpaired) electrons. The Balaban J connectivity index is 1.19. The highest BCUT2D eigenvalue weighted by Crippen LogP contribution is 2.27. The molecule has 2 fully saturated rings. The van der Waals surface area contributed by atoms with Crippen molar-refractivity contribution < 1.29 is 72.5 Å². The van der Waals surface area contributed by atoms with Crippen molar-refractivity contribution in [3.8, 4) is 11.5 Å². The van der Waals surface area contributed by atoms with Crippen molar-refractivity contribution in [1.82, 2.24) is 67.2 Å². The second-order valence-corrected chi connectivity index (χ2v) is 30.2. The lowest BCUT2D eigenvalue weighted by Gasteiger charge is -2.34. The van der Waals surface area contributed by atoms with Crippen molar-refractivity contribution in [2.24, 2.45) is 29.2 Å². The van der Waals surface area contributed by atoms with Gasteiger partial charge >= 0.3 is 0 Å². The van der Waals surface area contributed by atoms with Gasteiger partial charge in [-0.25, -0.2) is 0 Å². The van der Waals surface area contributed by atoms with Crippen molar-refractivity contribution in [1.29, 1.82) is 0 Å². The van der Waals surface area contributed by atoms with E-state index in [9.17, 15) is 48.6 Å². The Bertz CT molecular complexity index is 4260. The average molecular weight is 1520 g/mol. The van der Waals surface area contributed by atoms with E-state index in [1.807, 2.05) is 32.0 Å². The Kier molecular flexibility index (Phi) is 29.7. The maximum atomic E-state index is 15.7. The summed E-state index contributed by atoms with van der Waals surface area (Å²) >= 11 is 0.849. The van der Waals surface area contributed by atoms with Crippen molar-refractivity contribution in [3.63, 3.8) is 0 Å². The maximum absolute atomic E-state index is 15.7. The lowest BCUT2D eigenvalue weighted by atomic mass is 9.95. The summed E-state index contributed by atoms with van der Waals surface area (Å²) in [7, 11) is 2.73. The molecule has 2 saturated heterocycles. The molecular formula is C78H103N15O15S. The molecule has 109 heavy (non-hydrogen) atoms. The van der Waals surface area contributed by atoms with E-state index in [-0.39, 0.29) is 87.0 Å². The van der Waals surface area contributed by atoms with E-state index < -0.39 is 161 Å². The van der Waals surface area contributed by atoms with Crippen molar-refractivity contribution in [2.75, 3.05) is 32.1 Å². The SMILES string of the molecule is CC[C@H](C)[C@@H]1NC(=O)[C@H](CC(C)C)NC(=O)[C@H](Cc2c[nH]c3ccccc23)N(C)C(=O)[C@H](Cc2ccc(O)cc2)NC(=O)[C@@H]2CCCN2C(=O)C(CCC(C)C)NC(=O)[C@H](C)N(C)C(=O)[C@H](Cc2ccc(O)cc2)NC(=O)CSC[C@@H](C(N)=O)NC(=O)[C@H](Cc2c[nH]c3ccccc23)NC(=O)[C@H](CC(N)=O)NC1=O. The van der Waals surface area contributed by atoms with Gasteiger partial charge in [-0.1, -0.05) is 109 Å². The molecule has 4 heterocycles. The zero-order chi connectivity index (χ0) is 79.5. The van der Waals surface area contributed by atoms with Crippen LogP contribution < -0.4 is 54.0 Å². The standard InChI is InChI=1S/C78H103N15O15S/c1-10-44(6)67-75(105)87-59(37-65(79)96)71(101)85-58(35-48-38-81-54-18-13-11-16-52(48)54)70(100)89-62(68(80)98)40-109-41-66(97)83-60(33-46-22-26-50(94)27-23-46)76(106)91(8)45(7)69(99)84-56(30-21-42(2)3)78(108)93-31-15-20-63(93)73(103)88-61(34-47-24-28-51(95)29-25-47)77(107)92(9)64(36-49-39-82-55-19-14-12-17-53(49)55)74(104)86-57(32-43(4)5)72(102)90-67/h11-14,16-19,22-29,38-39,42-45,56-64,67,81-82,94-95H,10,15,20-21,30-37,40-41H2,1-9H3,(H2,79,96)(H2,80,98)(H,83,97)(H,84,99)(H,85,101)(H,86,104)(H,87,105)(H,88,103)(H,89,100)(H,90,102)/t44-,45-,56?,57-,58-,59-,60-,61-,62-,63-,64-,67-/m0/s1. The first-order chi connectivity index (χ1) is 51.8. The number of rotatable bonds is 18. The smallest absolute Gasteiger partial charge is 0.245 e. The number of hydrogen-bond donors (Lipinski definition) is 14. The third-order valence-electron chi connectivity index (χ3n) is 20.1. The Morgan fingerprint density at radius 1 is 0.541 bits per heavy atom. The van der Waals surface area contributed by atoms with E-state index in [0.29, 0.717) is 56.9 Å². The first-order valence-corrected chi connectivity index (χ1v) is 38.0. The van der Waals surface area contributed by atoms with Crippen LogP contribution in [-0.2, 0) is 88.0 Å². The summed E-state index contributed by atoms with van der Waals surface area (Å²) < 4.78 is 0. The molecule has 2 aromatic heterocycles. The highest BCUT2D eigenvalue weighted by molar-refractivity contribution is 8.00. The summed E-state index contributed by atoms with van der Waals surface area (Å²) in [5.74, 6) is -13.0. The van der Waals surface area contributed by atoms with Crippen LogP contribution in [0.1, 0.15) is 116 Å². The molecule has 6 aromatic rings. The minimum Gasteiger partial charge on any atom is -0.508 e. The van der Waals surface area contributed by atoms with E-state index in [1.165, 1.54) is 67.2 Å². The first kappa shape index (κ1) is 83.7. The Morgan fingerprint density at radius 2 is 1.06 bits per heavy atom. The predicted molar refractivity (Wildman–Crippen MR) is 410 cm³/mol. The first-order valence-electron chi connectivity index (χ1n) is 36.9. The topological polar surface area (TPSA) is 452 Å². The number of likely N-dealkylation sites (N-methyl/N-ethyl adjacent to an activating group) is 2. The highest BCUT2D eigenvalue weighted by Gasteiger charge is 2.43. The number of fused-ring (bicyclic) bond motifs is 3. The molecule has 2 aliphatic rings. The van der Waals surface area contributed by atoms with Gasteiger partial charge in [-0.15, -0.1) is 11.8 Å². The number of primary amides is 2. The zero-order valence-corrected chi connectivity index (χ0v) is 63.8. The molecule has 1 unspecified atom stereocenters. The second-order valence-electron chi connectivity index (χ2n) is 29.2. The van der Waals surface area contributed by atoms with Crippen LogP contribution in [0.4, 0.5) is 0 Å². The van der Waals surface area contributed by atoms with Gasteiger partial charge in [0, 0.05) is 86.3 Å². The molecule has 0 saturated carbocycles. The fraction of sp³-hybridized carbons (Fsp3) is 0.474. The number of thioether (sulfide) groups is 1. The number of aromatic hydroxyl groups is 2. The third kappa shape index (κ3) is 22.8. The lowest BCUT2D eigenvalue weighted by molar-refractivity contribution is -0.145. The van der Waals surface area contributed by atoms with Crippen LogP contribution in [0.15, 0.2) is 109 Å². The predicted octanol–water partition coefficient (Wildman–Crippen LogP) is 2.51. The molecular weight excluding hydrogens is 1420 g/mol. The largest absolute Gasteiger partial charge is 0.508 e. The van der Waals surface area contributed by atoms with E-state index in [2.05, 4.69) is 52.5 Å². The second kappa shape index (κ2) is 38.7. The molecule has 0 bridgehead atoms. The Hall–Kier alpha value is -11.0. The number of hydrogen-bond acceptors (Lipinski definition) is 16. The monoisotopic (exact) mass is 1520 g/mol. The van der Waals surface area contributed by atoms with Gasteiger partial charge in [-0.05, 0) is 115 Å². The van der Waals surface area contributed by atoms with Gasteiger partial charge in [0.15, 0.2) is 0 Å². The Labute approximate surface area is 637 Å². The average Bonchev–Trinajstić information content (AvgIpc) is 1.81. The number of aromatic nitrogens is 2. The number of nitrogens with zero attached hydrogens (tertiary/aromatic N) is 3. The molecule has 2 aliphatic heterocycles. The molecule has 0 aliphatic carbocycles. The van der Waals surface area contributed by atoms with Crippen LogP contribution in [0.2, 0.25) is 0 Å². The van der Waals surface area contributed by atoms with E-state index in [1.54, 1.807) is 82.6 Å². The summed E-state index contributed by atoms with van der Waals surface area (Å²) in [6.45, 7) is 12.4. The van der Waals surface area contributed by atoms with Crippen LogP contribution in [0, 0.1) is 17.8 Å². The van der Waals surface area contributed by atoms with Crippen LogP contribution in [0.5, 0.6) is 11.5 Å². The van der Waals surface area contributed by atoms with Crippen LogP contribution >= 0.6 is 11.8 Å². The number of nitrogens with two attached hydrogens (primary N) is 2. The van der Waals surface area contributed by atoms with Gasteiger partial charge < -0.3 is 88.9 Å².